The van der Waals surface area contributed by atoms with Crippen LogP contribution in [-0.2, 0) is 6.54 Å². The van der Waals surface area contributed by atoms with Gasteiger partial charge in [0.15, 0.2) is 0 Å². The molecule has 3 heteroatoms. The van der Waals surface area contributed by atoms with Gasteiger partial charge in [0.25, 0.3) is 0 Å². The molecule has 1 nitrogen and oxygen atoms in total. The first kappa shape index (κ1) is 8.95. The molecule has 52 valence electrons. The van der Waals surface area contributed by atoms with E-state index >= 15 is 0 Å². The highest BCUT2D eigenvalue weighted by Crippen LogP contribution is 2.11. The monoisotopic (exact) mass is 163 g/mol. The molecule has 0 saturated carbocycles. The molecule has 0 radical (unpaired) electrons. The third-order valence-electron chi connectivity index (χ3n) is 0.986. The largest absolute Gasteiger partial charge is 0.326 e. The first-order valence-electron chi connectivity index (χ1n) is 2.57. The zero-order valence-corrected chi connectivity index (χ0v) is 6.89. The minimum atomic E-state index is 0. The first-order valence-corrected chi connectivity index (χ1v) is 3.45. The highest BCUT2D eigenvalue weighted by molar-refractivity contribution is 7.10. The van der Waals surface area contributed by atoms with E-state index in [-0.39, 0.29) is 12.4 Å². The van der Waals surface area contributed by atoms with Crippen molar-refractivity contribution in [1.82, 2.24) is 0 Å². The molecule has 0 amide bonds. The van der Waals surface area contributed by atoms with E-state index in [1.165, 1.54) is 10.4 Å². The van der Waals surface area contributed by atoms with Crippen molar-refractivity contribution in [3.8, 4) is 0 Å². The van der Waals surface area contributed by atoms with Crippen LogP contribution in [0.2, 0.25) is 0 Å². The fraction of sp³-hybridized carbons (Fsp3) is 0.333. The fourth-order valence-electron chi connectivity index (χ4n) is 0.598. The number of hydrogen-bond donors (Lipinski definition) is 1. The van der Waals surface area contributed by atoms with Crippen LogP contribution in [0.5, 0.6) is 0 Å². The van der Waals surface area contributed by atoms with Crippen molar-refractivity contribution in [3.63, 3.8) is 0 Å². The summed E-state index contributed by atoms with van der Waals surface area (Å²) in [6.07, 6.45) is 0. The molecule has 9 heavy (non-hydrogen) atoms. The van der Waals surface area contributed by atoms with Gasteiger partial charge in [-0.05, 0) is 23.9 Å². The molecule has 0 aromatic carbocycles. The van der Waals surface area contributed by atoms with Gasteiger partial charge in [-0.15, -0.1) is 23.7 Å². The number of halogens is 1. The zero-order valence-electron chi connectivity index (χ0n) is 5.26. The lowest BCUT2D eigenvalue weighted by Crippen LogP contribution is -1.91. The maximum Gasteiger partial charge on any atom is 0.0273 e. The topological polar surface area (TPSA) is 26.0 Å². The van der Waals surface area contributed by atoms with Gasteiger partial charge in [0.2, 0.25) is 0 Å². The molecule has 1 aromatic rings. The van der Waals surface area contributed by atoms with Gasteiger partial charge in [-0.1, -0.05) is 0 Å². The quantitative estimate of drug-likeness (QED) is 0.673. The highest BCUT2D eigenvalue weighted by Gasteiger charge is 1.89. The van der Waals surface area contributed by atoms with Gasteiger partial charge in [0, 0.05) is 11.4 Å². The third kappa shape index (κ3) is 2.35. The summed E-state index contributed by atoms with van der Waals surface area (Å²) < 4.78 is 0. The Hall–Kier alpha value is -0.0500. The number of aryl methyl sites for hydroxylation is 1. The average molecular weight is 164 g/mol. The normalized spacial score (nSPS) is 8.67. The molecule has 0 fully saturated rings. The van der Waals surface area contributed by atoms with Crippen LogP contribution in [0.15, 0.2) is 11.4 Å². The van der Waals surface area contributed by atoms with Gasteiger partial charge in [0.1, 0.15) is 0 Å². The molecule has 0 aliphatic carbocycles. The molecule has 1 rings (SSSR count). The number of rotatable bonds is 1. The highest BCUT2D eigenvalue weighted by atomic mass is 35.5. The summed E-state index contributed by atoms with van der Waals surface area (Å²) in [7, 11) is 0. The molecule has 0 aliphatic rings. The van der Waals surface area contributed by atoms with E-state index in [0.717, 1.165) is 0 Å². The van der Waals surface area contributed by atoms with Crippen LogP contribution in [0.1, 0.15) is 10.4 Å². The van der Waals surface area contributed by atoms with Crippen LogP contribution in [-0.4, -0.2) is 0 Å². The molecular weight excluding hydrogens is 154 g/mol. The van der Waals surface area contributed by atoms with Crippen LogP contribution < -0.4 is 5.73 Å². The summed E-state index contributed by atoms with van der Waals surface area (Å²) in [4.78, 5) is 1.27. The standard InChI is InChI=1S/C6H9NS.ClH/c1-5-2-6(3-7)8-4-5;/h2,4H,3,7H2,1H3;1H. The predicted octanol–water partition coefficient (Wildman–Crippen LogP) is 1.94. The van der Waals surface area contributed by atoms with Crippen molar-refractivity contribution < 1.29 is 0 Å². The van der Waals surface area contributed by atoms with Crippen molar-refractivity contribution in [2.75, 3.05) is 0 Å². The lowest BCUT2D eigenvalue weighted by molar-refractivity contribution is 1.10. The number of hydrogen-bond acceptors (Lipinski definition) is 2. The average Bonchev–Trinajstić information content (AvgIpc) is 2.14. The molecule has 1 aromatic heterocycles. The van der Waals surface area contributed by atoms with Crippen LogP contribution >= 0.6 is 23.7 Å². The Morgan fingerprint density at radius 3 is 2.56 bits per heavy atom. The fourth-order valence-corrected chi connectivity index (χ4v) is 1.35. The van der Waals surface area contributed by atoms with E-state index in [0.29, 0.717) is 6.54 Å². The summed E-state index contributed by atoms with van der Waals surface area (Å²) in [6.45, 7) is 2.76. The second-order valence-electron chi connectivity index (χ2n) is 1.79. The van der Waals surface area contributed by atoms with Crippen molar-refractivity contribution in [2.24, 2.45) is 5.73 Å². The predicted molar refractivity (Wildman–Crippen MR) is 44.2 cm³/mol. The Morgan fingerprint density at radius 2 is 2.33 bits per heavy atom. The third-order valence-corrected chi connectivity index (χ3v) is 2.06. The molecule has 0 unspecified atom stereocenters. The van der Waals surface area contributed by atoms with Crippen molar-refractivity contribution >= 4 is 23.7 Å². The van der Waals surface area contributed by atoms with Crippen molar-refractivity contribution in [1.29, 1.82) is 0 Å². The SMILES string of the molecule is Cc1csc(CN)c1.Cl. The van der Waals surface area contributed by atoms with E-state index in [4.69, 9.17) is 5.73 Å². The zero-order chi connectivity index (χ0) is 5.98. The van der Waals surface area contributed by atoms with Gasteiger partial charge in [-0.25, -0.2) is 0 Å². The van der Waals surface area contributed by atoms with Gasteiger partial charge in [0.05, 0.1) is 0 Å². The Bertz CT molecular complexity index is 173. The molecule has 2 N–H and O–H groups in total. The molecule has 0 aliphatic heterocycles. The Morgan fingerprint density at radius 1 is 1.67 bits per heavy atom. The minimum Gasteiger partial charge on any atom is -0.326 e. The van der Waals surface area contributed by atoms with Crippen LogP contribution in [0.4, 0.5) is 0 Å². The minimum absolute atomic E-state index is 0. The Balaban J connectivity index is 0.000000640. The van der Waals surface area contributed by atoms with Crippen molar-refractivity contribution in [3.05, 3.63) is 21.9 Å². The lowest BCUT2D eigenvalue weighted by atomic mass is 10.3. The molecule has 0 spiro atoms. The van der Waals surface area contributed by atoms with Gasteiger partial charge < -0.3 is 5.73 Å². The molecule has 0 atom stereocenters. The number of nitrogens with two attached hydrogens (primary N) is 1. The Labute approximate surface area is 65.3 Å². The lowest BCUT2D eigenvalue weighted by Gasteiger charge is -1.80. The van der Waals surface area contributed by atoms with E-state index in [2.05, 4.69) is 18.4 Å². The van der Waals surface area contributed by atoms with E-state index in [1.807, 2.05) is 0 Å². The molecular formula is C6H10ClNS. The second kappa shape index (κ2) is 3.88. The number of thiophene rings is 1. The summed E-state index contributed by atoms with van der Waals surface area (Å²) in [5, 5.41) is 2.11. The maximum absolute atomic E-state index is 5.37. The van der Waals surface area contributed by atoms with E-state index in [1.54, 1.807) is 11.3 Å². The van der Waals surface area contributed by atoms with Crippen LogP contribution in [0.25, 0.3) is 0 Å². The summed E-state index contributed by atoms with van der Waals surface area (Å²) in [6, 6.07) is 2.12. The second-order valence-corrected chi connectivity index (χ2v) is 2.79. The molecule has 0 saturated heterocycles. The van der Waals surface area contributed by atoms with Gasteiger partial charge >= 0.3 is 0 Å². The van der Waals surface area contributed by atoms with E-state index < -0.39 is 0 Å². The molecule has 1 heterocycles. The maximum atomic E-state index is 5.37. The Kier molecular flexibility index (Phi) is 3.86. The summed E-state index contributed by atoms with van der Waals surface area (Å²) >= 11 is 1.72. The van der Waals surface area contributed by atoms with Gasteiger partial charge in [-0.2, -0.15) is 0 Å². The first-order chi connectivity index (χ1) is 3.83. The summed E-state index contributed by atoms with van der Waals surface area (Å²) in [5.41, 5.74) is 6.69. The van der Waals surface area contributed by atoms with Crippen LogP contribution in [0.3, 0.4) is 0 Å². The molecule has 0 bridgehead atoms. The van der Waals surface area contributed by atoms with Gasteiger partial charge in [-0.3, -0.25) is 0 Å². The smallest absolute Gasteiger partial charge is 0.0273 e. The van der Waals surface area contributed by atoms with Crippen molar-refractivity contribution in [2.45, 2.75) is 13.5 Å². The van der Waals surface area contributed by atoms with E-state index in [9.17, 15) is 0 Å². The van der Waals surface area contributed by atoms with Crippen LogP contribution in [0, 0.1) is 6.92 Å². The summed E-state index contributed by atoms with van der Waals surface area (Å²) in [5.74, 6) is 0.